The second-order valence-electron chi connectivity index (χ2n) is 6.95. The van der Waals surface area contributed by atoms with Crippen LogP contribution in [0.5, 0.6) is 0 Å². The van der Waals surface area contributed by atoms with Gasteiger partial charge < -0.3 is 10.2 Å². The van der Waals surface area contributed by atoms with Crippen molar-refractivity contribution in [1.29, 1.82) is 0 Å². The first-order valence-corrected chi connectivity index (χ1v) is 8.24. The molecular formula is C16H27N3O3. The lowest BCUT2D eigenvalue weighted by Gasteiger charge is -2.21. The molecule has 0 atom stereocenters. The van der Waals surface area contributed by atoms with Gasteiger partial charge in [-0.1, -0.05) is 26.7 Å². The van der Waals surface area contributed by atoms with E-state index in [4.69, 9.17) is 0 Å². The molecule has 1 saturated heterocycles. The van der Waals surface area contributed by atoms with E-state index in [9.17, 15) is 14.4 Å². The van der Waals surface area contributed by atoms with Gasteiger partial charge in [0.05, 0.1) is 0 Å². The molecule has 0 radical (unpaired) electrons. The highest BCUT2D eigenvalue weighted by Crippen LogP contribution is 2.35. The Morgan fingerprint density at radius 2 is 1.95 bits per heavy atom. The number of rotatable bonds is 6. The molecule has 0 aromatic rings. The van der Waals surface area contributed by atoms with Gasteiger partial charge in [0.25, 0.3) is 5.91 Å². The number of nitrogens with one attached hydrogen (secondary N) is 1. The number of carbonyl (C=O) groups is 3. The number of imide groups is 1. The van der Waals surface area contributed by atoms with E-state index in [-0.39, 0.29) is 17.8 Å². The van der Waals surface area contributed by atoms with E-state index < -0.39 is 5.54 Å². The Bertz CT molecular complexity index is 456. The Morgan fingerprint density at radius 3 is 2.55 bits per heavy atom. The average Bonchev–Trinajstić information content (AvgIpc) is 2.99. The van der Waals surface area contributed by atoms with Crippen molar-refractivity contribution in [3.63, 3.8) is 0 Å². The maximum atomic E-state index is 12.4. The molecule has 22 heavy (non-hydrogen) atoms. The van der Waals surface area contributed by atoms with Gasteiger partial charge in [0, 0.05) is 26.6 Å². The van der Waals surface area contributed by atoms with Crippen LogP contribution in [0.1, 0.15) is 52.4 Å². The van der Waals surface area contributed by atoms with Crippen molar-refractivity contribution in [1.82, 2.24) is 15.1 Å². The molecule has 1 spiro atoms. The third kappa shape index (κ3) is 3.42. The van der Waals surface area contributed by atoms with Gasteiger partial charge in [0.15, 0.2) is 0 Å². The van der Waals surface area contributed by atoms with Gasteiger partial charge in [-0.15, -0.1) is 0 Å². The van der Waals surface area contributed by atoms with Crippen LogP contribution in [0.3, 0.4) is 0 Å². The first-order chi connectivity index (χ1) is 10.4. The van der Waals surface area contributed by atoms with E-state index >= 15 is 0 Å². The van der Waals surface area contributed by atoms with Gasteiger partial charge in [-0.05, 0) is 25.2 Å². The molecule has 2 rings (SSSR count). The number of carbonyl (C=O) groups excluding carboxylic acids is 3. The number of nitrogens with zero attached hydrogens (tertiary/aromatic N) is 2. The van der Waals surface area contributed by atoms with Gasteiger partial charge in [0.2, 0.25) is 5.91 Å². The summed E-state index contributed by atoms with van der Waals surface area (Å²) in [6.07, 6.45) is 4.34. The Hall–Kier alpha value is -1.59. The van der Waals surface area contributed by atoms with Crippen LogP contribution in [0.15, 0.2) is 0 Å². The predicted octanol–water partition coefficient (Wildman–Crippen LogP) is 1.75. The van der Waals surface area contributed by atoms with Crippen LogP contribution in [-0.4, -0.2) is 53.3 Å². The highest BCUT2D eigenvalue weighted by atomic mass is 16.2. The second-order valence-corrected chi connectivity index (χ2v) is 6.95. The van der Waals surface area contributed by atoms with Crippen molar-refractivity contribution in [2.75, 3.05) is 20.1 Å². The number of amides is 4. The van der Waals surface area contributed by atoms with Crippen molar-refractivity contribution < 1.29 is 14.4 Å². The molecule has 0 aromatic carbocycles. The monoisotopic (exact) mass is 309 g/mol. The molecule has 2 aliphatic rings. The molecule has 1 aliphatic carbocycles. The van der Waals surface area contributed by atoms with Gasteiger partial charge in [-0.25, -0.2) is 4.79 Å². The fraction of sp³-hybridized carbons (Fsp3) is 0.812. The van der Waals surface area contributed by atoms with Crippen LogP contribution < -0.4 is 5.32 Å². The molecule has 6 nitrogen and oxygen atoms in total. The minimum atomic E-state index is -0.643. The van der Waals surface area contributed by atoms with E-state index in [2.05, 4.69) is 19.2 Å². The van der Waals surface area contributed by atoms with E-state index in [0.717, 1.165) is 32.2 Å². The number of urea groups is 1. The molecule has 124 valence electrons. The molecule has 0 bridgehead atoms. The molecule has 1 saturated carbocycles. The zero-order valence-electron chi connectivity index (χ0n) is 13.9. The van der Waals surface area contributed by atoms with E-state index in [1.807, 2.05) is 0 Å². The van der Waals surface area contributed by atoms with Crippen LogP contribution in [0.2, 0.25) is 0 Å². The summed E-state index contributed by atoms with van der Waals surface area (Å²) in [5.41, 5.74) is -0.643. The molecular weight excluding hydrogens is 282 g/mol. The first-order valence-electron chi connectivity index (χ1n) is 8.24. The van der Waals surface area contributed by atoms with Gasteiger partial charge >= 0.3 is 6.03 Å². The van der Waals surface area contributed by atoms with Crippen LogP contribution in [0, 0.1) is 5.92 Å². The zero-order chi connectivity index (χ0) is 16.3. The summed E-state index contributed by atoms with van der Waals surface area (Å²) in [4.78, 5) is 39.4. The largest absolute Gasteiger partial charge is 0.346 e. The Kier molecular flexibility index (Phi) is 5.08. The van der Waals surface area contributed by atoms with Crippen molar-refractivity contribution in [2.45, 2.75) is 57.9 Å². The fourth-order valence-electron chi connectivity index (χ4n) is 3.43. The lowest BCUT2D eigenvalue weighted by molar-refractivity contribution is -0.133. The average molecular weight is 309 g/mol. The fourth-order valence-corrected chi connectivity index (χ4v) is 3.43. The van der Waals surface area contributed by atoms with Gasteiger partial charge in [0.1, 0.15) is 5.54 Å². The number of hydrogen-bond donors (Lipinski definition) is 1. The van der Waals surface area contributed by atoms with Gasteiger partial charge in [-0.2, -0.15) is 0 Å². The summed E-state index contributed by atoms with van der Waals surface area (Å²) >= 11 is 0. The van der Waals surface area contributed by atoms with Crippen molar-refractivity contribution in [3.8, 4) is 0 Å². The Balaban J connectivity index is 1.81. The third-order valence-corrected chi connectivity index (χ3v) is 4.54. The summed E-state index contributed by atoms with van der Waals surface area (Å²) in [5, 5.41) is 2.86. The highest BCUT2D eigenvalue weighted by Gasteiger charge is 2.51. The maximum absolute atomic E-state index is 12.4. The molecule has 1 aliphatic heterocycles. The quantitative estimate of drug-likeness (QED) is 0.760. The smallest absolute Gasteiger partial charge is 0.325 e. The molecule has 0 unspecified atom stereocenters. The topological polar surface area (TPSA) is 69.7 Å². The van der Waals surface area contributed by atoms with Crippen LogP contribution in [-0.2, 0) is 9.59 Å². The molecule has 1 N–H and O–H groups in total. The van der Waals surface area contributed by atoms with E-state index in [1.54, 1.807) is 11.9 Å². The van der Waals surface area contributed by atoms with Gasteiger partial charge in [-0.3, -0.25) is 14.5 Å². The summed E-state index contributed by atoms with van der Waals surface area (Å²) in [5.74, 6) is 0.399. The van der Waals surface area contributed by atoms with Crippen molar-refractivity contribution in [2.24, 2.45) is 5.92 Å². The third-order valence-electron chi connectivity index (χ3n) is 4.54. The van der Waals surface area contributed by atoms with Crippen LogP contribution in [0.4, 0.5) is 4.79 Å². The summed E-state index contributed by atoms with van der Waals surface area (Å²) in [7, 11) is 1.80. The lowest BCUT2D eigenvalue weighted by Crippen LogP contribution is -2.44. The summed E-state index contributed by atoms with van der Waals surface area (Å²) < 4.78 is 0. The molecule has 1 heterocycles. The SMILES string of the molecule is CC(C)CN(C)C(=O)CCCN1C(=O)NC2(CCCC2)C1=O. The highest BCUT2D eigenvalue weighted by molar-refractivity contribution is 6.07. The van der Waals surface area contributed by atoms with E-state index in [1.165, 1.54) is 4.90 Å². The molecule has 6 heteroatoms. The predicted molar refractivity (Wildman–Crippen MR) is 83.2 cm³/mol. The minimum absolute atomic E-state index is 0.0660. The zero-order valence-corrected chi connectivity index (χ0v) is 13.9. The van der Waals surface area contributed by atoms with E-state index in [0.29, 0.717) is 25.3 Å². The Morgan fingerprint density at radius 1 is 1.32 bits per heavy atom. The van der Waals surface area contributed by atoms with Crippen molar-refractivity contribution in [3.05, 3.63) is 0 Å². The Labute approximate surface area is 132 Å². The molecule has 4 amide bonds. The van der Waals surface area contributed by atoms with Crippen LogP contribution in [0.25, 0.3) is 0 Å². The maximum Gasteiger partial charge on any atom is 0.325 e. The molecule has 0 aromatic heterocycles. The first kappa shape index (κ1) is 16.8. The number of hydrogen-bond acceptors (Lipinski definition) is 3. The second kappa shape index (κ2) is 6.67. The summed E-state index contributed by atoms with van der Waals surface area (Å²) in [6, 6.07) is -0.296. The standard InChI is InChI=1S/C16H27N3O3/c1-12(2)11-18(3)13(20)7-6-10-19-14(21)16(17-15(19)22)8-4-5-9-16/h12H,4-11H2,1-3H3,(H,17,22). The van der Waals surface area contributed by atoms with Crippen molar-refractivity contribution >= 4 is 17.8 Å². The molecule has 2 fully saturated rings. The normalized spacial score (nSPS) is 20.1. The van der Waals surface area contributed by atoms with Crippen LogP contribution >= 0.6 is 0 Å². The summed E-state index contributed by atoms with van der Waals surface area (Å²) in [6.45, 7) is 5.19. The minimum Gasteiger partial charge on any atom is -0.346 e. The lowest BCUT2D eigenvalue weighted by atomic mass is 9.98.